The van der Waals surface area contributed by atoms with E-state index in [1.807, 2.05) is 4.57 Å². The molecule has 1 aliphatic heterocycles. The number of aromatic nitrogens is 4. The van der Waals surface area contributed by atoms with E-state index in [1.54, 1.807) is 6.92 Å². The van der Waals surface area contributed by atoms with Crippen molar-refractivity contribution < 1.29 is 30.7 Å². The molecular weight excluding hydrogens is 478 g/mol. The fourth-order valence-electron chi connectivity index (χ4n) is 3.92. The van der Waals surface area contributed by atoms with Crippen molar-refractivity contribution in [3.8, 4) is 11.4 Å². The summed E-state index contributed by atoms with van der Waals surface area (Å²) >= 11 is 0. The minimum Gasteiger partial charge on any atom is -0.381 e. The number of nitrogens with one attached hydrogen (secondary N) is 1. The summed E-state index contributed by atoms with van der Waals surface area (Å²) in [4.78, 5) is 11.4. The van der Waals surface area contributed by atoms with Crippen LogP contribution in [0, 0.1) is 12.7 Å². The van der Waals surface area contributed by atoms with Gasteiger partial charge in [0.05, 0.1) is 28.5 Å². The average Bonchev–Trinajstić information content (AvgIpc) is 3.15. The molecule has 0 amide bonds. The third kappa shape index (κ3) is 4.89. The first-order chi connectivity index (χ1) is 15.9. The van der Waals surface area contributed by atoms with Gasteiger partial charge >= 0.3 is 6.18 Å². The summed E-state index contributed by atoms with van der Waals surface area (Å²) in [7, 11) is -4.12. The number of benzene rings is 1. The van der Waals surface area contributed by atoms with Crippen LogP contribution in [0.15, 0.2) is 35.5 Å². The maximum atomic E-state index is 14.7. The third-order valence-electron chi connectivity index (χ3n) is 5.47. The zero-order valence-electron chi connectivity index (χ0n) is 18.2. The quantitative estimate of drug-likeness (QED) is 0.523. The van der Waals surface area contributed by atoms with Crippen molar-refractivity contribution in [1.29, 1.82) is 0 Å². The van der Waals surface area contributed by atoms with Crippen molar-refractivity contribution >= 4 is 21.5 Å². The van der Waals surface area contributed by atoms with Crippen LogP contribution in [0.1, 0.15) is 30.3 Å². The highest BCUT2D eigenvalue weighted by Crippen LogP contribution is 2.36. The van der Waals surface area contributed by atoms with Crippen LogP contribution >= 0.6 is 0 Å². The molecule has 0 atom stereocenters. The fourth-order valence-corrected chi connectivity index (χ4v) is 4.81. The number of anilines is 2. The number of alkyl halides is 3. The van der Waals surface area contributed by atoms with Crippen molar-refractivity contribution in [2.75, 3.05) is 24.8 Å². The maximum Gasteiger partial charge on any atom is 0.417 e. The standard InChI is InChI=1S/C21H21F4N5O3S/c1-12-26-11-17(30(12)14-5-7-33-8-6-14)19-16(22)10-27-20(29-19)28-13-3-4-18(34(2,31)32)15(9-13)21(23,24)25/h3-4,9-11,14H,5-8H2,1-2H3,(H,27,28,29). The summed E-state index contributed by atoms with van der Waals surface area (Å²) in [5.41, 5.74) is -1.08. The summed E-state index contributed by atoms with van der Waals surface area (Å²) in [6, 6.07) is 2.71. The van der Waals surface area contributed by atoms with E-state index in [9.17, 15) is 26.0 Å². The predicted molar refractivity (Wildman–Crippen MR) is 115 cm³/mol. The van der Waals surface area contributed by atoms with Crippen LogP contribution in [0.2, 0.25) is 0 Å². The third-order valence-corrected chi connectivity index (χ3v) is 6.62. The first-order valence-electron chi connectivity index (χ1n) is 10.3. The number of aryl methyl sites for hydroxylation is 1. The Morgan fingerprint density at radius 3 is 2.50 bits per heavy atom. The number of hydrogen-bond acceptors (Lipinski definition) is 7. The van der Waals surface area contributed by atoms with Gasteiger partial charge in [-0.15, -0.1) is 0 Å². The second-order valence-electron chi connectivity index (χ2n) is 7.90. The Labute approximate surface area is 192 Å². The van der Waals surface area contributed by atoms with Crippen molar-refractivity contribution in [3.63, 3.8) is 0 Å². The molecule has 0 aliphatic carbocycles. The molecular formula is C21H21F4N5O3S. The first-order valence-corrected chi connectivity index (χ1v) is 12.2. The number of imidazole rings is 1. The zero-order valence-corrected chi connectivity index (χ0v) is 19.0. The van der Waals surface area contributed by atoms with Crippen molar-refractivity contribution in [2.24, 2.45) is 0 Å². The highest BCUT2D eigenvalue weighted by Gasteiger charge is 2.36. The van der Waals surface area contributed by atoms with Crippen molar-refractivity contribution in [1.82, 2.24) is 19.5 Å². The van der Waals surface area contributed by atoms with Crippen LogP contribution in [0.4, 0.5) is 29.2 Å². The van der Waals surface area contributed by atoms with Gasteiger partial charge in [-0.25, -0.2) is 27.8 Å². The summed E-state index contributed by atoms with van der Waals surface area (Å²) in [6.07, 6.45) is -0.369. The molecule has 0 saturated carbocycles. The largest absolute Gasteiger partial charge is 0.417 e. The van der Waals surface area contributed by atoms with Gasteiger partial charge in [0.15, 0.2) is 15.7 Å². The lowest BCUT2D eigenvalue weighted by molar-refractivity contribution is -0.139. The molecule has 4 rings (SSSR count). The van der Waals surface area contributed by atoms with E-state index in [0.29, 0.717) is 37.1 Å². The molecule has 34 heavy (non-hydrogen) atoms. The summed E-state index contributed by atoms with van der Waals surface area (Å²) < 4.78 is 85.9. The number of rotatable bonds is 5. The van der Waals surface area contributed by atoms with Gasteiger partial charge in [0.2, 0.25) is 5.95 Å². The van der Waals surface area contributed by atoms with E-state index in [4.69, 9.17) is 4.74 Å². The second-order valence-corrected chi connectivity index (χ2v) is 9.88. The monoisotopic (exact) mass is 499 g/mol. The topological polar surface area (TPSA) is 99.0 Å². The number of nitrogens with zero attached hydrogens (tertiary/aromatic N) is 4. The fraction of sp³-hybridized carbons (Fsp3) is 0.381. The molecule has 2 aromatic heterocycles. The maximum absolute atomic E-state index is 14.7. The lowest BCUT2D eigenvalue weighted by atomic mass is 10.1. The number of sulfone groups is 1. The normalized spacial score (nSPS) is 15.5. The average molecular weight is 499 g/mol. The smallest absolute Gasteiger partial charge is 0.381 e. The van der Waals surface area contributed by atoms with E-state index >= 15 is 0 Å². The molecule has 3 aromatic rings. The Morgan fingerprint density at radius 1 is 1.15 bits per heavy atom. The van der Waals surface area contributed by atoms with Crippen LogP contribution in [0.5, 0.6) is 0 Å². The van der Waals surface area contributed by atoms with E-state index in [1.165, 1.54) is 6.20 Å². The Kier molecular flexibility index (Phi) is 6.34. The molecule has 182 valence electrons. The van der Waals surface area contributed by atoms with Crippen molar-refractivity contribution in [3.05, 3.63) is 47.8 Å². The molecule has 1 N–H and O–H groups in total. The molecule has 0 bridgehead atoms. The highest BCUT2D eigenvalue weighted by molar-refractivity contribution is 7.90. The molecule has 0 spiro atoms. The number of halogens is 4. The summed E-state index contributed by atoms with van der Waals surface area (Å²) in [5, 5.41) is 2.60. The van der Waals surface area contributed by atoms with Gasteiger partial charge in [-0.1, -0.05) is 0 Å². The van der Waals surface area contributed by atoms with Crippen LogP contribution in [0.3, 0.4) is 0 Å². The minimum absolute atomic E-state index is 0.0369. The molecule has 0 unspecified atom stereocenters. The Morgan fingerprint density at radius 2 is 1.85 bits per heavy atom. The second kappa shape index (κ2) is 8.95. The SMILES string of the molecule is Cc1ncc(-c2nc(Nc3ccc(S(C)(=O)=O)c(C(F)(F)F)c3)ncc2F)n1C1CCOCC1. The van der Waals surface area contributed by atoms with Gasteiger partial charge in [-0.2, -0.15) is 13.2 Å². The summed E-state index contributed by atoms with van der Waals surface area (Å²) in [5.74, 6) is -0.211. The van der Waals surface area contributed by atoms with Crippen molar-refractivity contribution in [2.45, 2.75) is 36.9 Å². The highest BCUT2D eigenvalue weighted by atomic mass is 32.2. The van der Waals surface area contributed by atoms with Gasteiger partial charge in [0, 0.05) is 31.2 Å². The van der Waals surface area contributed by atoms with E-state index in [-0.39, 0.29) is 23.4 Å². The van der Waals surface area contributed by atoms with Gasteiger partial charge in [0.25, 0.3) is 0 Å². The summed E-state index contributed by atoms with van der Waals surface area (Å²) in [6.45, 7) is 2.91. The van der Waals surface area contributed by atoms with Crippen LogP contribution in [-0.4, -0.2) is 47.4 Å². The Hall–Kier alpha value is -3.06. The van der Waals surface area contributed by atoms with E-state index in [2.05, 4.69) is 20.3 Å². The molecule has 13 heteroatoms. The van der Waals surface area contributed by atoms with E-state index in [0.717, 1.165) is 31.2 Å². The number of hydrogen-bond donors (Lipinski definition) is 1. The molecule has 1 aliphatic rings. The van der Waals surface area contributed by atoms with Gasteiger partial charge < -0.3 is 14.6 Å². The van der Waals surface area contributed by atoms with Gasteiger partial charge in [-0.3, -0.25) is 0 Å². The van der Waals surface area contributed by atoms with Gasteiger partial charge in [-0.05, 0) is 38.0 Å². The van der Waals surface area contributed by atoms with E-state index < -0.39 is 32.3 Å². The minimum atomic E-state index is -4.90. The Bertz CT molecular complexity index is 1320. The Balaban J connectivity index is 1.71. The molecule has 8 nitrogen and oxygen atoms in total. The molecule has 3 heterocycles. The van der Waals surface area contributed by atoms with Crippen LogP contribution < -0.4 is 5.32 Å². The van der Waals surface area contributed by atoms with Crippen LogP contribution in [0.25, 0.3) is 11.4 Å². The predicted octanol–water partition coefficient (Wildman–Crippen LogP) is 4.31. The molecule has 0 radical (unpaired) electrons. The molecule has 1 saturated heterocycles. The zero-order chi connectivity index (χ0) is 24.7. The lowest BCUT2D eigenvalue weighted by Crippen LogP contribution is -2.21. The number of ether oxygens (including phenoxy) is 1. The lowest BCUT2D eigenvalue weighted by Gasteiger charge is -2.26. The first kappa shape index (κ1) is 24.1. The van der Waals surface area contributed by atoms with Gasteiger partial charge in [0.1, 0.15) is 11.5 Å². The van der Waals surface area contributed by atoms with Crippen LogP contribution in [-0.2, 0) is 20.8 Å². The molecule has 1 fully saturated rings. The molecule has 1 aromatic carbocycles.